The van der Waals surface area contributed by atoms with E-state index in [1.165, 1.54) is 6.08 Å². The van der Waals surface area contributed by atoms with E-state index in [1.807, 2.05) is 0 Å². The third kappa shape index (κ3) is 2.17. The molecule has 0 saturated carbocycles. The quantitative estimate of drug-likeness (QED) is 0.781. The van der Waals surface area contributed by atoms with Crippen LogP contribution in [0.15, 0.2) is 19.1 Å². The molecule has 1 aliphatic heterocycles. The van der Waals surface area contributed by atoms with Crippen molar-refractivity contribution in [1.29, 1.82) is 0 Å². The Bertz CT molecular complexity index is 220. The van der Waals surface area contributed by atoms with Crippen molar-refractivity contribution in [2.45, 2.75) is 6.42 Å². The zero-order chi connectivity index (χ0) is 7.56. The van der Waals surface area contributed by atoms with Crippen LogP contribution in [0.3, 0.4) is 0 Å². The summed E-state index contributed by atoms with van der Waals surface area (Å²) in [6, 6.07) is 0. The van der Waals surface area contributed by atoms with E-state index in [9.17, 15) is 9.18 Å². The van der Waals surface area contributed by atoms with Gasteiger partial charge in [0.2, 0.25) is 0 Å². The molecule has 2 nitrogen and oxygen atoms in total. The van der Waals surface area contributed by atoms with Crippen molar-refractivity contribution < 1.29 is 14.3 Å². The molecule has 0 fully saturated rings. The van der Waals surface area contributed by atoms with Crippen molar-refractivity contribution in [1.82, 2.24) is 0 Å². The van der Waals surface area contributed by atoms with Crippen molar-refractivity contribution >= 4 is 28.9 Å². The average Bonchev–Trinajstić information content (AvgIpc) is 2.13. The fourth-order valence-corrected chi connectivity index (χ4v) is 3.31. The molecular weight excluding hydrogens is 238 g/mol. The van der Waals surface area contributed by atoms with Gasteiger partial charge in [0, 0.05) is 0 Å². The van der Waals surface area contributed by atoms with Crippen LogP contribution in [-0.2, 0) is 4.79 Å². The maximum atomic E-state index is 12.3. The second kappa shape index (κ2) is 3.23. The molecule has 1 rings (SSSR count). The summed E-state index contributed by atoms with van der Waals surface area (Å²) in [7, 11) is 0. The fraction of sp³-hybridized carbons (Fsp3) is 0.167. The molecule has 0 aromatic heterocycles. The van der Waals surface area contributed by atoms with Crippen molar-refractivity contribution in [2.75, 3.05) is 0 Å². The zero-order valence-electron chi connectivity index (χ0n) is 5.17. The van der Waals surface area contributed by atoms with Gasteiger partial charge in [-0.25, -0.2) is 0 Å². The predicted molar refractivity (Wildman–Crippen MR) is 35.3 cm³/mol. The molecule has 0 spiro atoms. The molecule has 0 atom stereocenters. The Morgan fingerprint density at radius 3 is 2.90 bits per heavy atom. The monoisotopic (exact) mass is 243 g/mol. The number of carbonyl (C=O) groups is 1. The number of hydrogen-bond acceptors (Lipinski definition) is 1. The second-order valence-electron chi connectivity index (χ2n) is 2.01. The van der Waals surface area contributed by atoms with E-state index in [0.29, 0.717) is 5.57 Å². The molecule has 0 amide bonds. The Hall–Kier alpha value is -0.250. The van der Waals surface area contributed by atoms with Gasteiger partial charge in [-0.2, -0.15) is 0 Å². The summed E-state index contributed by atoms with van der Waals surface area (Å²) < 4.78 is 14.0. The summed E-state index contributed by atoms with van der Waals surface area (Å²) in [6.45, 7) is 0. The summed E-state index contributed by atoms with van der Waals surface area (Å²) in [5, 5.41) is 8.29. The van der Waals surface area contributed by atoms with Crippen LogP contribution in [-0.4, -0.2) is 34.0 Å². The van der Waals surface area contributed by atoms with Gasteiger partial charge >= 0.3 is 68.7 Å². The summed E-state index contributed by atoms with van der Waals surface area (Å²) in [4.78, 5) is 10.1. The molecule has 0 unspecified atom stereocenters. The van der Waals surface area contributed by atoms with Crippen LogP contribution in [0.25, 0.3) is 0 Å². The summed E-state index contributed by atoms with van der Waals surface area (Å²) >= 11 is -1.26. The van der Waals surface area contributed by atoms with Gasteiger partial charge < -0.3 is 0 Å². The topological polar surface area (TPSA) is 37.3 Å². The third-order valence-electron chi connectivity index (χ3n) is 1.14. The molecule has 0 aromatic carbocycles. The average molecular weight is 243 g/mol. The van der Waals surface area contributed by atoms with Crippen molar-refractivity contribution in [3.8, 4) is 0 Å². The van der Waals surface area contributed by atoms with Gasteiger partial charge in [0.1, 0.15) is 0 Å². The van der Waals surface area contributed by atoms with E-state index in [0.717, 1.165) is 0 Å². The summed E-state index contributed by atoms with van der Waals surface area (Å²) in [6.07, 6.45) is 1.33. The van der Waals surface area contributed by atoms with Crippen LogP contribution < -0.4 is 0 Å². The molecule has 51 valence electrons. The van der Waals surface area contributed by atoms with Gasteiger partial charge in [-0.1, -0.05) is 0 Å². The van der Waals surface area contributed by atoms with Crippen LogP contribution in [0.1, 0.15) is 6.42 Å². The Balaban J connectivity index is 2.52. The molecule has 10 heavy (non-hydrogen) atoms. The molecule has 1 radical (unpaired) electrons. The first kappa shape index (κ1) is 7.85. The molecule has 4 heteroatoms. The molecule has 1 heterocycles. The van der Waals surface area contributed by atoms with Gasteiger partial charge in [-0.15, -0.1) is 0 Å². The molecule has 1 N–H and O–H groups in total. The molecule has 0 aliphatic carbocycles. The Morgan fingerprint density at radius 1 is 1.80 bits per heavy atom. The van der Waals surface area contributed by atoms with Crippen molar-refractivity contribution in [3.05, 3.63) is 19.1 Å². The first-order chi connectivity index (χ1) is 4.68. The minimum absolute atomic E-state index is 0.0285. The van der Waals surface area contributed by atoms with Gasteiger partial charge in [-0.05, 0) is 0 Å². The Labute approximate surface area is 68.8 Å². The molecule has 0 bridgehead atoms. The van der Waals surface area contributed by atoms with Crippen molar-refractivity contribution in [2.24, 2.45) is 0 Å². The van der Waals surface area contributed by atoms with E-state index in [4.69, 9.17) is 5.11 Å². The molecule has 1 aliphatic rings. The number of rotatable bonds is 2. The van der Waals surface area contributed by atoms with Gasteiger partial charge in [0.25, 0.3) is 0 Å². The summed E-state index contributed by atoms with van der Waals surface area (Å²) in [5.41, 5.74) is 0.645. The third-order valence-corrected chi connectivity index (χ3v) is 4.22. The van der Waals surface area contributed by atoms with Gasteiger partial charge in [-0.3, -0.25) is 0 Å². The second-order valence-corrected chi connectivity index (χ2v) is 5.48. The number of carboxylic acid groups (broad SMARTS) is 1. The normalized spacial score (nSPS) is 15.7. The van der Waals surface area contributed by atoms with Crippen molar-refractivity contribution in [3.63, 3.8) is 0 Å². The van der Waals surface area contributed by atoms with Crippen LogP contribution in [0, 0.1) is 0 Å². The predicted octanol–water partition coefficient (Wildman–Crippen LogP) is 0.874. The van der Waals surface area contributed by atoms with E-state index < -0.39 is 28.9 Å². The maximum absolute atomic E-state index is 12.3. The first-order valence-electron chi connectivity index (χ1n) is 2.81. The SMILES string of the molecule is O=C(O)CC1=[CH][In][C](F)=C1. The van der Waals surface area contributed by atoms with E-state index in [1.54, 1.807) is 3.83 Å². The van der Waals surface area contributed by atoms with Crippen LogP contribution >= 0.6 is 0 Å². The molecular formula is C6H5FInO2. The van der Waals surface area contributed by atoms with Crippen LogP contribution in [0.5, 0.6) is 0 Å². The van der Waals surface area contributed by atoms with Crippen LogP contribution in [0.4, 0.5) is 4.39 Å². The number of allylic oxidation sites excluding steroid dienone is 1. The first-order valence-corrected chi connectivity index (χ1v) is 6.36. The van der Waals surface area contributed by atoms with Gasteiger partial charge in [0.05, 0.1) is 0 Å². The zero-order valence-corrected chi connectivity index (χ0v) is 8.47. The van der Waals surface area contributed by atoms with E-state index >= 15 is 0 Å². The van der Waals surface area contributed by atoms with Gasteiger partial charge in [0.15, 0.2) is 0 Å². The number of carboxylic acids is 1. The molecule has 0 saturated heterocycles. The van der Waals surface area contributed by atoms with E-state index in [2.05, 4.69) is 0 Å². The molecule has 0 aromatic rings. The number of aliphatic carboxylic acids is 1. The fourth-order valence-electron chi connectivity index (χ4n) is 0.745. The Kier molecular flexibility index (Phi) is 2.54. The Morgan fingerprint density at radius 2 is 2.50 bits per heavy atom. The number of hydrogen-bond donors (Lipinski definition) is 1. The minimum atomic E-state index is -1.26. The van der Waals surface area contributed by atoms with E-state index in [-0.39, 0.29) is 10.0 Å². The summed E-state index contributed by atoms with van der Waals surface area (Å²) in [5.74, 6) is -0.889. The standard InChI is InChI=1S/C6H5FO2.In/c1-5(2-3-7)4-6(8)9;/h1-2H,4H2,(H,8,9);. The number of halogens is 1. The van der Waals surface area contributed by atoms with Crippen LogP contribution in [0.2, 0.25) is 0 Å².